The van der Waals surface area contributed by atoms with E-state index in [-0.39, 0.29) is 18.4 Å². The first kappa shape index (κ1) is 17.9. The van der Waals surface area contributed by atoms with E-state index in [0.717, 1.165) is 6.54 Å². The van der Waals surface area contributed by atoms with Gasteiger partial charge in [-0.05, 0) is 17.7 Å². The van der Waals surface area contributed by atoms with Gasteiger partial charge in [0.15, 0.2) is 0 Å². The third kappa shape index (κ3) is 4.38. The lowest BCUT2D eigenvalue weighted by atomic mass is 10.1. The lowest BCUT2D eigenvalue weighted by Gasteiger charge is -2.38. The Kier molecular flexibility index (Phi) is 5.82. The van der Waals surface area contributed by atoms with Crippen molar-refractivity contribution in [1.29, 1.82) is 5.26 Å². The molecule has 26 heavy (non-hydrogen) atoms. The number of aromatic nitrogens is 1. The first-order valence-electron chi connectivity index (χ1n) is 8.64. The zero-order valence-electron chi connectivity index (χ0n) is 14.8. The summed E-state index contributed by atoms with van der Waals surface area (Å²) in [6, 6.07) is 15.7. The molecule has 1 fully saturated rings. The average molecular weight is 350 g/mol. The standard InChI is InChI=1S/C20H22N4O2/c1-26-19-8-7-17(22-13-19)11-20(25)24-10-9-23(18(12-21)15-24)14-16-5-3-2-4-6-16/h2-8,13,18H,9-11,14-15H2,1H3. The van der Waals surface area contributed by atoms with E-state index in [9.17, 15) is 10.1 Å². The van der Waals surface area contributed by atoms with Gasteiger partial charge in [0.2, 0.25) is 5.91 Å². The SMILES string of the molecule is COc1ccc(CC(=O)N2CCN(Cc3ccccc3)C(C#N)C2)nc1. The van der Waals surface area contributed by atoms with Gasteiger partial charge in [-0.25, -0.2) is 0 Å². The molecule has 0 N–H and O–H groups in total. The van der Waals surface area contributed by atoms with Gasteiger partial charge in [0.25, 0.3) is 0 Å². The fourth-order valence-corrected chi connectivity index (χ4v) is 3.08. The van der Waals surface area contributed by atoms with E-state index in [1.54, 1.807) is 30.3 Å². The molecule has 0 aliphatic carbocycles. The number of hydrogen-bond donors (Lipinski definition) is 0. The van der Waals surface area contributed by atoms with E-state index in [1.807, 2.05) is 18.2 Å². The highest BCUT2D eigenvalue weighted by atomic mass is 16.5. The van der Waals surface area contributed by atoms with Crippen LogP contribution in [0, 0.1) is 11.3 Å². The number of piperazine rings is 1. The monoisotopic (exact) mass is 350 g/mol. The Labute approximate surface area is 153 Å². The number of hydrogen-bond acceptors (Lipinski definition) is 5. The van der Waals surface area contributed by atoms with Crippen LogP contribution in [-0.4, -0.2) is 53.5 Å². The number of benzene rings is 1. The van der Waals surface area contributed by atoms with Gasteiger partial charge in [-0.3, -0.25) is 14.7 Å². The quantitative estimate of drug-likeness (QED) is 0.823. The van der Waals surface area contributed by atoms with Crippen LogP contribution in [-0.2, 0) is 17.8 Å². The molecule has 2 heterocycles. The van der Waals surface area contributed by atoms with Gasteiger partial charge < -0.3 is 9.64 Å². The third-order valence-corrected chi connectivity index (χ3v) is 4.59. The molecule has 6 heteroatoms. The fraction of sp³-hybridized carbons (Fsp3) is 0.350. The average Bonchev–Trinajstić information content (AvgIpc) is 2.69. The van der Waals surface area contributed by atoms with E-state index >= 15 is 0 Å². The van der Waals surface area contributed by atoms with Crippen LogP contribution in [0.1, 0.15) is 11.3 Å². The van der Waals surface area contributed by atoms with Crippen LogP contribution >= 0.6 is 0 Å². The minimum absolute atomic E-state index is 0.00211. The molecule has 2 aromatic rings. The van der Waals surface area contributed by atoms with Crippen LogP contribution in [0.2, 0.25) is 0 Å². The maximum Gasteiger partial charge on any atom is 0.228 e. The Morgan fingerprint density at radius 2 is 2.08 bits per heavy atom. The normalized spacial score (nSPS) is 17.5. The van der Waals surface area contributed by atoms with Crippen LogP contribution in [0.25, 0.3) is 0 Å². The highest BCUT2D eigenvalue weighted by Crippen LogP contribution is 2.15. The van der Waals surface area contributed by atoms with Crippen molar-refractivity contribution in [2.45, 2.75) is 19.0 Å². The second-order valence-electron chi connectivity index (χ2n) is 6.31. The van der Waals surface area contributed by atoms with Gasteiger partial charge in [-0.1, -0.05) is 30.3 Å². The molecule has 3 rings (SSSR count). The Bertz CT molecular complexity index is 771. The predicted octanol–water partition coefficient (Wildman–Crippen LogP) is 1.87. The molecule has 0 radical (unpaired) electrons. The van der Waals surface area contributed by atoms with Crippen molar-refractivity contribution in [3.63, 3.8) is 0 Å². The molecule has 1 amide bonds. The van der Waals surface area contributed by atoms with Crippen LogP contribution < -0.4 is 4.74 Å². The molecule has 1 aromatic carbocycles. The van der Waals surface area contributed by atoms with Crippen molar-refractivity contribution in [3.05, 3.63) is 59.9 Å². The molecular formula is C20H22N4O2. The summed E-state index contributed by atoms with van der Waals surface area (Å²) in [7, 11) is 1.58. The molecule has 1 unspecified atom stereocenters. The summed E-state index contributed by atoms with van der Waals surface area (Å²) in [5.74, 6) is 0.669. The van der Waals surface area contributed by atoms with Crippen molar-refractivity contribution in [1.82, 2.24) is 14.8 Å². The predicted molar refractivity (Wildman–Crippen MR) is 97.3 cm³/mol. The van der Waals surface area contributed by atoms with Gasteiger partial charge >= 0.3 is 0 Å². The van der Waals surface area contributed by atoms with E-state index in [4.69, 9.17) is 4.74 Å². The number of rotatable bonds is 5. The number of nitrogens with zero attached hydrogens (tertiary/aromatic N) is 4. The number of methoxy groups -OCH3 is 1. The molecule has 134 valence electrons. The molecule has 1 atom stereocenters. The van der Waals surface area contributed by atoms with Gasteiger partial charge in [-0.2, -0.15) is 5.26 Å². The largest absolute Gasteiger partial charge is 0.495 e. The van der Waals surface area contributed by atoms with Crippen molar-refractivity contribution >= 4 is 5.91 Å². The maximum absolute atomic E-state index is 12.6. The lowest BCUT2D eigenvalue weighted by Crippen LogP contribution is -2.54. The van der Waals surface area contributed by atoms with Crippen LogP contribution in [0.15, 0.2) is 48.7 Å². The highest BCUT2D eigenvalue weighted by Gasteiger charge is 2.29. The molecule has 6 nitrogen and oxygen atoms in total. The highest BCUT2D eigenvalue weighted by molar-refractivity contribution is 5.78. The summed E-state index contributed by atoms with van der Waals surface area (Å²) < 4.78 is 5.08. The Morgan fingerprint density at radius 1 is 1.27 bits per heavy atom. The number of carbonyl (C=O) groups is 1. The van der Waals surface area contributed by atoms with Crippen LogP contribution in [0.5, 0.6) is 5.75 Å². The minimum Gasteiger partial charge on any atom is -0.495 e. The summed E-state index contributed by atoms with van der Waals surface area (Å²) in [6.45, 7) is 2.47. The lowest BCUT2D eigenvalue weighted by molar-refractivity contribution is -0.133. The van der Waals surface area contributed by atoms with Crippen molar-refractivity contribution in [2.24, 2.45) is 0 Å². The summed E-state index contributed by atoms with van der Waals surface area (Å²) in [5.41, 5.74) is 1.88. The topological polar surface area (TPSA) is 69.5 Å². The molecular weight excluding hydrogens is 328 g/mol. The van der Waals surface area contributed by atoms with Crippen molar-refractivity contribution in [3.8, 4) is 11.8 Å². The van der Waals surface area contributed by atoms with Gasteiger partial charge in [-0.15, -0.1) is 0 Å². The second kappa shape index (κ2) is 8.45. The minimum atomic E-state index is -0.295. The number of ether oxygens (including phenoxy) is 1. The summed E-state index contributed by atoms with van der Waals surface area (Å²) in [4.78, 5) is 20.7. The first-order chi connectivity index (χ1) is 12.7. The Balaban J connectivity index is 1.58. The van der Waals surface area contributed by atoms with Crippen molar-refractivity contribution < 1.29 is 9.53 Å². The molecule has 0 saturated carbocycles. The molecule has 0 bridgehead atoms. The molecule has 1 aliphatic heterocycles. The second-order valence-corrected chi connectivity index (χ2v) is 6.31. The fourth-order valence-electron chi connectivity index (χ4n) is 3.08. The van der Waals surface area contributed by atoms with Gasteiger partial charge in [0.05, 0.1) is 25.8 Å². The maximum atomic E-state index is 12.6. The molecule has 1 aliphatic rings. The number of amides is 1. The number of pyridine rings is 1. The number of nitriles is 1. The molecule has 1 aromatic heterocycles. The van der Waals surface area contributed by atoms with E-state index in [2.05, 4.69) is 28.1 Å². The molecule has 1 saturated heterocycles. The van der Waals surface area contributed by atoms with E-state index in [0.29, 0.717) is 31.1 Å². The number of carbonyl (C=O) groups excluding carboxylic acids is 1. The van der Waals surface area contributed by atoms with Crippen molar-refractivity contribution in [2.75, 3.05) is 26.7 Å². The molecule has 0 spiro atoms. The van der Waals surface area contributed by atoms with E-state index < -0.39 is 0 Å². The van der Waals surface area contributed by atoms with Gasteiger partial charge in [0.1, 0.15) is 11.8 Å². The zero-order chi connectivity index (χ0) is 18.4. The summed E-state index contributed by atoms with van der Waals surface area (Å²) in [6.07, 6.45) is 1.85. The summed E-state index contributed by atoms with van der Waals surface area (Å²) >= 11 is 0. The van der Waals surface area contributed by atoms with Gasteiger partial charge in [0, 0.05) is 31.9 Å². The Morgan fingerprint density at radius 3 is 2.73 bits per heavy atom. The first-order valence-corrected chi connectivity index (χ1v) is 8.64. The summed E-state index contributed by atoms with van der Waals surface area (Å²) in [5, 5.41) is 9.53. The van der Waals surface area contributed by atoms with E-state index in [1.165, 1.54) is 5.56 Å². The Hall–Kier alpha value is -2.91. The zero-order valence-corrected chi connectivity index (χ0v) is 14.8. The third-order valence-electron chi connectivity index (χ3n) is 4.59. The van der Waals surface area contributed by atoms with Crippen LogP contribution in [0.4, 0.5) is 0 Å². The smallest absolute Gasteiger partial charge is 0.228 e. The van der Waals surface area contributed by atoms with Crippen LogP contribution in [0.3, 0.4) is 0 Å².